The van der Waals surface area contributed by atoms with Gasteiger partial charge in [-0.15, -0.1) is 0 Å². The van der Waals surface area contributed by atoms with Crippen molar-refractivity contribution in [1.29, 1.82) is 0 Å². The highest BCUT2D eigenvalue weighted by Gasteiger charge is 2.24. The van der Waals surface area contributed by atoms with E-state index in [0.29, 0.717) is 6.54 Å². The number of amides is 1. The molecule has 0 spiro atoms. The van der Waals surface area contributed by atoms with Gasteiger partial charge in [-0.2, -0.15) is 0 Å². The maximum Gasteiger partial charge on any atom is 0.407 e. The monoisotopic (exact) mass is 290 g/mol. The van der Waals surface area contributed by atoms with Crippen molar-refractivity contribution in [2.45, 2.75) is 57.6 Å². The number of carbonyl (C=O) groups is 1. The predicted octanol–water partition coefficient (Wildman–Crippen LogP) is 2.96. The second-order valence-corrected chi connectivity index (χ2v) is 6.80. The van der Waals surface area contributed by atoms with E-state index in [2.05, 4.69) is 29.6 Å². The molecule has 0 aromatic heterocycles. The van der Waals surface area contributed by atoms with Gasteiger partial charge in [0.25, 0.3) is 0 Å². The van der Waals surface area contributed by atoms with E-state index < -0.39 is 11.7 Å². The largest absolute Gasteiger partial charge is 0.444 e. The Kier molecular flexibility index (Phi) is 4.88. The molecular formula is C17H26N2O2. The summed E-state index contributed by atoms with van der Waals surface area (Å²) in [6.07, 6.45) is 2.91. The van der Waals surface area contributed by atoms with Crippen LogP contribution < -0.4 is 11.1 Å². The van der Waals surface area contributed by atoms with Gasteiger partial charge in [-0.25, -0.2) is 4.79 Å². The van der Waals surface area contributed by atoms with Gasteiger partial charge in [0.05, 0.1) is 0 Å². The summed E-state index contributed by atoms with van der Waals surface area (Å²) in [6.45, 7) is 5.95. The molecule has 0 heterocycles. The van der Waals surface area contributed by atoms with Crippen molar-refractivity contribution in [3.63, 3.8) is 0 Å². The molecule has 1 aromatic carbocycles. The summed E-state index contributed by atoms with van der Waals surface area (Å²) in [4.78, 5) is 11.8. The molecule has 0 aliphatic heterocycles. The lowest BCUT2D eigenvalue weighted by Gasteiger charge is -2.23. The van der Waals surface area contributed by atoms with E-state index in [4.69, 9.17) is 10.5 Å². The molecule has 1 atom stereocenters. The molecule has 1 aliphatic carbocycles. The Bertz CT molecular complexity index is 490. The van der Waals surface area contributed by atoms with Gasteiger partial charge in [0, 0.05) is 12.6 Å². The first-order valence-corrected chi connectivity index (χ1v) is 7.66. The van der Waals surface area contributed by atoms with Crippen LogP contribution in [0.1, 0.15) is 50.7 Å². The predicted molar refractivity (Wildman–Crippen MR) is 84.3 cm³/mol. The number of hydrogen-bond donors (Lipinski definition) is 2. The fourth-order valence-electron chi connectivity index (χ4n) is 2.34. The topological polar surface area (TPSA) is 64.3 Å². The highest BCUT2D eigenvalue weighted by atomic mass is 16.6. The van der Waals surface area contributed by atoms with Gasteiger partial charge in [0.2, 0.25) is 0 Å². The van der Waals surface area contributed by atoms with E-state index in [0.717, 1.165) is 12.3 Å². The van der Waals surface area contributed by atoms with Gasteiger partial charge in [0.15, 0.2) is 0 Å². The van der Waals surface area contributed by atoms with E-state index in [1.807, 2.05) is 20.8 Å². The smallest absolute Gasteiger partial charge is 0.407 e. The fourth-order valence-corrected chi connectivity index (χ4v) is 2.34. The van der Waals surface area contributed by atoms with Crippen LogP contribution in [0.2, 0.25) is 0 Å². The second kappa shape index (κ2) is 6.48. The Morgan fingerprint density at radius 1 is 1.43 bits per heavy atom. The number of hydrogen-bond acceptors (Lipinski definition) is 3. The summed E-state index contributed by atoms with van der Waals surface area (Å²) in [5, 5.41) is 2.85. The van der Waals surface area contributed by atoms with Crippen molar-refractivity contribution in [1.82, 2.24) is 5.32 Å². The quantitative estimate of drug-likeness (QED) is 0.876. The summed E-state index contributed by atoms with van der Waals surface area (Å²) in [5.41, 5.74) is 7.90. The molecule has 21 heavy (non-hydrogen) atoms. The molecule has 1 fully saturated rings. The Morgan fingerprint density at radius 2 is 2.14 bits per heavy atom. The van der Waals surface area contributed by atoms with Crippen molar-refractivity contribution in [3.05, 3.63) is 35.4 Å². The van der Waals surface area contributed by atoms with Gasteiger partial charge < -0.3 is 15.8 Å². The summed E-state index contributed by atoms with van der Waals surface area (Å²) < 4.78 is 5.27. The van der Waals surface area contributed by atoms with E-state index in [-0.39, 0.29) is 6.04 Å². The molecule has 1 amide bonds. The maximum atomic E-state index is 11.8. The molecule has 4 nitrogen and oxygen atoms in total. The number of nitrogens with one attached hydrogen (secondary N) is 1. The Morgan fingerprint density at radius 3 is 2.71 bits per heavy atom. The number of carbonyl (C=O) groups excluding carboxylic acids is 1. The molecule has 2 rings (SSSR count). The lowest BCUT2D eigenvalue weighted by atomic mass is 10.0. The first-order chi connectivity index (χ1) is 9.87. The zero-order chi connectivity index (χ0) is 15.5. The van der Waals surface area contributed by atoms with Crippen LogP contribution >= 0.6 is 0 Å². The van der Waals surface area contributed by atoms with E-state index >= 15 is 0 Å². The summed E-state index contributed by atoms with van der Waals surface area (Å²) in [5.74, 6) is 0.736. The molecule has 0 saturated heterocycles. The van der Waals surface area contributed by atoms with Crippen molar-refractivity contribution < 1.29 is 9.53 Å². The zero-order valence-electron chi connectivity index (χ0n) is 13.2. The van der Waals surface area contributed by atoms with Crippen molar-refractivity contribution in [3.8, 4) is 0 Å². The third kappa shape index (κ3) is 5.38. The summed E-state index contributed by atoms with van der Waals surface area (Å²) in [6, 6.07) is 8.49. The summed E-state index contributed by atoms with van der Waals surface area (Å²) >= 11 is 0. The van der Waals surface area contributed by atoms with Crippen LogP contribution in [0.4, 0.5) is 4.79 Å². The molecule has 0 bridgehead atoms. The van der Waals surface area contributed by atoms with Crippen LogP contribution in [0.15, 0.2) is 24.3 Å². The summed E-state index contributed by atoms with van der Waals surface area (Å²) in [7, 11) is 0. The molecule has 0 radical (unpaired) electrons. The molecule has 116 valence electrons. The van der Waals surface area contributed by atoms with Crippen LogP contribution in [0.25, 0.3) is 0 Å². The Labute approximate surface area is 127 Å². The fraction of sp³-hybridized carbons (Fsp3) is 0.588. The minimum Gasteiger partial charge on any atom is -0.444 e. The van der Waals surface area contributed by atoms with Gasteiger partial charge in [-0.1, -0.05) is 24.3 Å². The molecule has 1 aromatic rings. The van der Waals surface area contributed by atoms with Crippen LogP contribution in [0, 0.1) is 0 Å². The molecule has 1 saturated carbocycles. The highest BCUT2D eigenvalue weighted by Crippen LogP contribution is 2.40. The van der Waals surface area contributed by atoms with Crippen molar-refractivity contribution in [2.24, 2.45) is 5.73 Å². The van der Waals surface area contributed by atoms with Gasteiger partial charge in [0.1, 0.15) is 5.60 Å². The second-order valence-electron chi connectivity index (χ2n) is 6.80. The standard InChI is InChI=1S/C17H26N2O2/c1-17(2,3)21-16(20)19-15(11-18)10-12-5-4-6-14(9-12)13-7-8-13/h4-6,9,13,15H,7-8,10-11,18H2,1-3H3,(H,19,20). The average molecular weight is 290 g/mol. The first kappa shape index (κ1) is 15.8. The average Bonchev–Trinajstić information content (AvgIpc) is 3.20. The third-order valence-corrected chi connectivity index (χ3v) is 3.49. The lowest BCUT2D eigenvalue weighted by molar-refractivity contribution is 0.0506. The molecule has 1 unspecified atom stereocenters. The first-order valence-electron chi connectivity index (χ1n) is 7.66. The van der Waals surface area contributed by atoms with Crippen LogP contribution in [-0.2, 0) is 11.2 Å². The maximum absolute atomic E-state index is 11.8. The molecule has 3 N–H and O–H groups in total. The van der Waals surface area contributed by atoms with E-state index in [1.165, 1.54) is 24.0 Å². The van der Waals surface area contributed by atoms with Crippen LogP contribution in [-0.4, -0.2) is 24.3 Å². The van der Waals surface area contributed by atoms with Gasteiger partial charge in [-0.3, -0.25) is 0 Å². The van der Waals surface area contributed by atoms with Crippen molar-refractivity contribution >= 4 is 6.09 Å². The van der Waals surface area contributed by atoms with Gasteiger partial charge in [-0.05, 0) is 57.1 Å². The third-order valence-electron chi connectivity index (χ3n) is 3.49. The van der Waals surface area contributed by atoms with Crippen LogP contribution in [0.5, 0.6) is 0 Å². The highest BCUT2D eigenvalue weighted by molar-refractivity contribution is 5.68. The number of ether oxygens (including phenoxy) is 1. The Hall–Kier alpha value is -1.55. The number of rotatable bonds is 5. The molecule has 4 heteroatoms. The Balaban J connectivity index is 1.92. The van der Waals surface area contributed by atoms with E-state index in [9.17, 15) is 4.79 Å². The SMILES string of the molecule is CC(C)(C)OC(=O)NC(CN)Cc1cccc(C2CC2)c1. The van der Waals surface area contributed by atoms with Crippen LogP contribution in [0.3, 0.4) is 0 Å². The molecular weight excluding hydrogens is 264 g/mol. The molecule has 1 aliphatic rings. The van der Waals surface area contributed by atoms with E-state index in [1.54, 1.807) is 0 Å². The minimum atomic E-state index is -0.491. The number of nitrogens with two attached hydrogens (primary N) is 1. The zero-order valence-corrected chi connectivity index (χ0v) is 13.2. The number of benzene rings is 1. The van der Waals surface area contributed by atoms with Crippen molar-refractivity contribution in [2.75, 3.05) is 6.54 Å². The number of alkyl carbamates (subject to hydrolysis) is 1. The van der Waals surface area contributed by atoms with Gasteiger partial charge >= 0.3 is 6.09 Å². The minimum absolute atomic E-state index is 0.102. The lowest BCUT2D eigenvalue weighted by Crippen LogP contribution is -2.44. The normalized spacial score (nSPS) is 16.4.